The number of nitrogens with zero attached hydrogens (tertiary/aromatic N) is 4. The van der Waals surface area contributed by atoms with Gasteiger partial charge in [0.2, 0.25) is 5.88 Å². The van der Waals surface area contributed by atoms with Crippen molar-refractivity contribution in [2.45, 2.75) is 0 Å². The minimum absolute atomic E-state index is 0.102. The van der Waals surface area contributed by atoms with Gasteiger partial charge in [0.05, 0.1) is 12.4 Å². The van der Waals surface area contributed by atoms with E-state index in [0.717, 1.165) is 42.5 Å². The molecule has 7 heteroatoms. The first-order chi connectivity index (χ1) is 14.0. The average molecular weight is 386 g/mol. The predicted molar refractivity (Wildman–Crippen MR) is 115 cm³/mol. The molecule has 0 bridgehead atoms. The van der Waals surface area contributed by atoms with Gasteiger partial charge in [0.25, 0.3) is 5.56 Å². The molecule has 1 aromatic heterocycles. The third kappa shape index (κ3) is 3.12. The minimum atomic E-state index is -0.639. The van der Waals surface area contributed by atoms with Crippen LogP contribution < -0.4 is 11.2 Å². The van der Waals surface area contributed by atoms with Crippen LogP contribution in [0.2, 0.25) is 0 Å². The number of aromatic nitrogens is 2. The van der Waals surface area contributed by atoms with Crippen LogP contribution in [0.15, 0.2) is 74.4 Å². The average Bonchev–Trinajstić information content (AvgIpc) is 2.75. The first kappa shape index (κ1) is 18.4. The van der Waals surface area contributed by atoms with Gasteiger partial charge in [-0.2, -0.15) is 10.2 Å². The molecule has 0 aliphatic carbocycles. The molecule has 0 unspecified atom stereocenters. The van der Waals surface area contributed by atoms with E-state index in [2.05, 4.69) is 16.3 Å². The van der Waals surface area contributed by atoms with Crippen molar-refractivity contribution < 1.29 is 5.11 Å². The van der Waals surface area contributed by atoms with Crippen molar-refractivity contribution in [1.29, 1.82) is 0 Å². The maximum absolute atomic E-state index is 12.2. The van der Waals surface area contributed by atoms with Crippen molar-refractivity contribution in [3.63, 3.8) is 0 Å². The van der Waals surface area contributed by atoms with E-state index in [0.29, 0.717) is 0 Å². The summed E-state index contributed by atoms with van der Waals surface area (Å²) in [6, 6.07) is 18.1. The Balaban J connectivity index is 1.81. The van der Waals surface area contributed by atoms with Gasteiger partial charge in [-0.1, -0.05) is 48.5 Å². The summed E-state index contributed by atoms with van der Waals surface area (Å²) in [5.74, 6) is -0.451. The molecule has 0 amide bonds. The van der Waals surface area contributed by atoms with E-state index in [1.54, 1.807) is 6.21 Å². The fraction of sp³-hybridized carbons (Fsp3) is 0.0909. The van der Waals surface area contributed by atoms with Crippen LogP contribution in [0.4, 0.5) is 0 Å². The van der Waals surface area contributed by atoms with E-state index < -0.39 is 17.1 Å². The molecule has 3 aromatic carbocycles. The van der Waals surface area contributed by atoms with Gasteiger partial charge in [-0.15, -0.1) is 0 Å². The Morgan fingerprint density at radius 2 is 1.31 bits per heavy atom. The highest BCUT2D eigenvalue weighted by Gasteiger charge is 2.12. The first-order valence-corrected chi connectivity index (χ1v) is 8.95. The highest BCUT2D eigenvalue weighted by molar-refractivity contribution is 6.13. The van der Waals surface area contributed by atoms with E-state index in [1.165, 1.54) is 14.1 Å². The zero-order valence-electron chi connectivity index (χ0n) is 15.9. The summed E-state index contributed by atoms with van der Waals surface area (Å²) >= 11 is 0. The minimum Gasteiger partial charge on any atom is -0.494 e. The topological polar surface area (TPSA) is 88.9 Å². The van der Waals surface area contributed by atoms with Gasteiger partial charge in [-0.05, 0) is 27.6 Å². The standard InChI is InChI=1S/C22H18N4O3/c1-25-20(27)19(21(28)26(2)22(25)29)13-24-23-12-18-16-9-5-3-7-14(16)11-15-8-4-6-10-17(15)18/h3-13,27H,1-2H3/b23-12+,24-13+. The van der Waals surface area contributed by atoms with E-state index in [-0.39, 0.29) is 5.56 Å². The van der Waals surface area contributed by atoms with Crippen LogP contribution in [0.25, 0.3) is 21.5 Å². The van der Waals surface area contributed by atoms with Crippen LogP contribution in [0.1, 0.15) is 11.1 Å². The maximum atomic E-state index is 12.2. The molecule has 0 aliphatic heterocycles. The number of hydrogen-bond donors (Lipinski definition) is 1. The summed E-state index contributed by atoms with van der Waals surface area (Å²) in [7, 11) is 2.72. The molecule has 0 spiro atoms. The summed E-state index contributed by atoms with van der Waals surface area (Å²) in [5.41, 5.74) is -0.446. The maximum Gasteiger partial charge on any atom is 0.333 e. The zero-order valence-corrected chi connectivity index (χ0v) is 15.9. The van der Waals surface area contributed by atoms with Crippen LogP contribution in [-0.2, 0) is 14.1 Å². The largest absolute Gasteiger partial charge is 0.494 e. The molecule has 4 rings (SSSR count). The lowest BCUT2D eigenvalue weighted by Gasteiger charge is -2.07. The van der Waals surface area contributed by atoms with Gasteiger partial charge in [0.15, 0.2) is 0 Å². The fourth-order valence-electron chi connectivity index (χ4n) is 3.34. The summed E-state index contributed by atoms with van der Waals surface area (Å²) in [5, 5.41) is 22.4. The number of rotatable bonds is 3. The summed E-state index contributed by atoms with van der Waals surface area (Å²) in [6.07, 6.45) is 2.78. The summed E-state index contributed by atoms with van der Waals surface area (Å²) < 4.78 is 1.88. The molecule has 0 saturated carbocycles. The SMILES string of the molecule is Cn1c(O)c(/C=N/N=C/c2c3ccccc3cc3ccccc23)c(=O)n(C)c1=O. The smallest absolute Gasteiger partial charge is 0.333 e. The van der Waals surface area contributed by atoms with Crippen LogP contribution in [-0.4, -0.2) is 26.7 Å². The third-order valence-electron chi connectivity index (χ3n) is 4.92. The highest BCUT2D eigenvalue weighted by atomic mass is 16.3. The van der Waals surface area contributed by atoms with Crippen molar-refractivity contribution in [1.82, 2.24) is 9.13 Å². The lowest BCUT2D eigenvalue weighted by Crippen LogP contribution is -2.38. The molecule has 0 fully saturated rings. The van der Waals surface area contributed by atoms with Crippen LogP contribution in [0, 0.1) is 0 Å². The Labute approximate surface area is 165 Å². The Morgan fingerprint density at radius 1 is 0.793 bits per heavy atom. The van der Waals surface area contributed by atoms with E-state index in [4.69, 9.17) is 0 Å². The Hall–Kier alpha value is -4.00. The molecule has 0 saturated heterocycles. The van der Waals surface area contributed by atoms with Gasteiger partial charge in [0.1, 0.15) is 5.56 Å². The second-order valence-electron chi connectivity index (χ2n) is 6.66. The summed E-state index contributed by atoms with van der Waals surface area (Å²) in [6.45, 7) is 0. The molecule has 1 heterocycles. The molecule has 144 valence electrons. The second kappa shape index (κ2) is 7.20. The van der Waals surface area contributed by atoms with Crippen LogP contribution in [0.3, 0.4) is 0 Å². The number of hydrogen-bond acceptors (Lipinski definition) is 5. The van der Waals surface area contributed by atoms with E-state index in [1.807, 2.05) is 48.5 Å². The van der Waals surface area contributed by atoms with Crippen molar-refractivity contribution in [2.24, 2.45) is 24.3 Å². The monoisotopic (exact) mass is 386 g/mol. The number of fused-ring (bicyclic) bond motifs is 2. The van der Waals surface area contributed by atoms with Crippen molar-refractivity contribution in [3.8, 4) is 5.88 Å². The Bertz CT molecular complexity index is 1370. The Morgan fingerprint density at radius 3 is 1.90 bits per heavy atom. The second-order valence-corrected chi connectivity index (χ2v) is 6.66. The van der Waals surface area contributed by atoms with Gasteiger partial charge < -0.3 is 5.11 Å². The molecular formula is C22H18N4O3. The van der Waals surface area contributed by atoms with Crippen LogP contribution >= 0.6 is 0 Å². The normalized spacial score (nSPS) is 11.9. The highest BCUT2D eigenvalue weighted by Crippen LogP contribution is 2.27. The predicted octanol–water partition coefficient (Wildman–Crippen LogP) is 2.55. The van der Waals surface area contributed by atoms with E-state index >= 15 is 0 Å². The number of benzene rings is 3. The summed E-state index contributed by atoms with van der Waals surface area (Å²) in [4.78, 5) is 24.0. The molecular weight excluding hydrogens is 368 g/mol. The molecule has 4 aromatic rings. The van der Waals surface area contributed by atoms with Crippen molar-refractivity contribution in [3.05, 3.63) is 86.6 Å². The van der Waals surface area contributed by atoms with Gasteiger partial charge in [-0.3, -0.25) is 13.9 Å². The molecule has 0 aliphatic rings. The fourth-order valence-corrected chi connectivity index (χ4v) is 3.34. The van der Waals surface area contributed by atoms with Crippen molar-refractivity contribution >= 4 is 34.0 Å². The van der Waals surface area contributed by atoms with Gasteiger partial charge >= 0.3 is 5.69 Å². The number of aromatic hydroxyl groups is 1. The lowest BCUT2D eigenvalue weighted by atomic mass is 9.97. The van der Waals surface area contributed by atoms with Crippen molar-refractivity contribution in [2.75, 3.05) is 0 Å². The van der Waals surface area contributed by atoms with Crippen LogP contribution in [0.5, 0.6) is 5.88 Å². The van der Waals surface area contributed by atoms with Gasteiger partial charge in [-0.25, -0.2) is 4.79 Å². The molecule has 0 atom stereocenters. The molecule has 0 radical (unpaired) electrons. The molecule has 29 heavy (non-hydrogen) atoms. The first-order valence-electron chi connectivity index (χ1n) is 8.95. The molecule has 7 nitrogen and oxygen atoms in total. The van der Waals surface area contributed by atoms with Gasteiger partial charge in [0, 0.05) is 19.7 Å². The quantitative estimate of drug-likeness (QED) is 0.333. The lowest BCUT2D eigenvalue weighted by molar-refractivity contribution is 0.410. The molecule has 1 N–H and O–H groups in total. The third-order valence-corrected chi connectivity index (χ3v) is 4.92. The Kier molecular flexibility index (Phi) is 4.56. The van der Waals surface area contributed by atoms with E-state index in [9.17, 15) is 14.7 Å². The zero-order chi connectivity index (χ0) is 20.5.